The average Bonchev–Trinajstić information content (AvgIpc) is 3.05. The molecule has 3 aromatic rings. The number of hydrogen-bond donors (Lipinski definition) is 2. The van der Waals surface area contributed by atoms with E-state index < -0.39 is 18.0 Å². The molecule has 0 spiro atoms. The van der Waals surface area contributed by atoms with Gasteiger partial charge in [0.2, 0.25) is 5.89 Å². The number of amides is 2. The number of fused-ring (bicyclic) bond motifs is 1. The van der Waals surface area contributed by atoms with Crippen molar-refractivity contribution in [2.75, 3.05) is 12.4 Å². The fourth-order valence-electron chi connectivity index (χ4n) is 2.22. The number of nitrogens with zero attached hydrogens (tertiary/aromatic N) is 2. The molecule has 0 saturated heterocycles. The molecule has 0 aliphatic heterocycles. The zero-order valence-corrected chi connectivity index (χ0v) is 13.6. The van der Waals surface area contributed by atoms with Crippen LogP contribution in [0.5, 0.6) is 0 Å². The Labute approximate surface area is 143 Å². The Morgan fingerprint density at radius 2 is 2.12 bits per heavy atom. The van der Waals surface area contributed by atoms with E-state index in [1.165, 1.54) is 14.0 Å². The van der Waals surface area contributed by atoms with E-state index in [0.29, 0.717) is 22.7 Å². The third-order valence-electron chi connectivity index (χ3n) is 3.46. The number of methoxy groups -OCH3 is 1. The van der Waals surface area contributed by atoms with Gasteiger partial charge in [0.05, 0.1) is 12.7 Å². The summed E-state index contributed by atoms with van der Waals surface area (Å²) in [5, 5.41) is 5.12. The van der Waals surface area contributed by atoms with E-state index >= 15 is 0 Å². The summed E-state index contributed by atoms with van der Waals surface area (Å²) in [6.45, 7) is 1.53. The molecule has 8 nitrogen and oxygen atoms in total. The van der Waals surface area contributed by atoms with Gasteiger partial charge in [-0.1, -0.05) is 0 Å². The van der Waals surface area contributed by atoms with Crippen LogP contribution in [0.4, 0.5) is 10.5 Å². The number of carbonyl (C=O) groups is 2. The van der Waals surface area contributed by atoms with Gasteiger partial charge in [-0.25, -0.2) is 14.6 Å². The molecule has 0 unspecified atom stereocenters. The first-order chi connectivity index (χ1) is 12.1. The Morgan fingerprint density at radius 1 is 1.28 bits per heavy atom. The molecule has 0 fully saturated rings. The Morgan fingerprint density at radius 3 is 2.84 bits per heavy atom. The van der Waals surface area contributed by atoms with Crippen LogP contribution in [-0.2, 0) is 9.53 Å². The van der Waals surface area contributed by atoms with Crippen molar-refractivity contribution < 1.29 is 18.7 Å². The maximum Gasteiger partial charge on any atom is 0.328 e. The van der Waals surface area contributed by atoms with E-state index in [1.54, 1.807) is 36.7 Å². The quantitative estimate of drug-likeness (QED) is 0.707. The molecule has 2 N–H and O–H groups in total. The highest BCUT2D eigenvalue weighted by Crippen LogP contribution is 2.25. The zero-order valence-electron chi connectivity index (χ0n) is 13.6. The van der Waals surface area contributed by atoms with E-state index in [0.717, 1.165) is 5.56 Å². The van der Waals surface area contributed by atoms with Crippen LogP contribution in [0.15, 0.2) is 47.1 Å². The largest absolute Gasteiger partial charge is 0.467 e. The second-order valence-corrected chi connectivity index (χ2v) is 5.29. The van der Waals surface area contributed by atoms with Crippen molar-refractivity contribution in [3.63, 3.8) is 0 Å². The van der Waals surface area contributed by atoms with Crippen LogP contribution in [0.1, 0.15) is 6.92 Å². The molecule has 0 aliphatic carbocycles. The SMILES string of the molecule is COC(=O)[C@H](C)NC(=O)Nc1ccc2oc(-c3cccnc3)nc2c1. The van der Waals surface area contributed by atoms with Crippen molar-refractivity contribution in [1.82, 2.24) is 15.3 Å². The molecule has 128 valence electrons. The molecule has 0 radical (unpaired) electrons. The number of oxazole rings is 1. The number of anilines is 1. The Kier molecular flexibility index (Phi) is 4.60. The number of benzene rings is 1. The predicted molar refractivity (Wildman–Crippen MR) is 90.9 cm³/mol. The number of nitrogens with one attached hydrogen (secondary N) is 2. The number of pyridine rings is 1. The van der Waals surface area contributed by atoms with E-state index in [9.17, 15) is 9.59 Å². The van der Waals surface area contributed by atoms with Crippen molar-refractivity contribution in [2.45, 2.75) is 13.0 Å². The summed E-state index contributed by atoms with van der Waals surface area (Å²) in [6, 6.07) is 7.44. The lowest BCUT2D eigenvalue weighted by atomic mass is 10.3. The number of urea groups is 1. The maximum absolute atomic E-state index is 11.9. The summed E-state index contributed by atoms with van der Waals surface area (Å²) in [5.74, 6) is -0.0766. The summed E-state index contributed by atoms with van der Waals surface area (Å²) in [4.78, 5) is 31.7. The van der Waals surface area contributed by atoms with Crippen molar-refractivity contribution in [3.05, 3.63) is 42.7 Å². The maximum atomic E-state index is 11.9. The third-order valence-corrected chi connectivity index (χ3v) is 3.46. The lowest BCUT2D eigenvalue weighted by Gasteiger charge is -2.12. The second kappa shape index (κ2) is 7.00. The van der Waals surface area contributed by atoms with Gasteiger partial charge in [0.1, 0.15) is 11.6 Å². The zero-order chi connectivity index (χ0) is 17.8. The van der Waals surface area contributed by atoms with E-state index in [1.807, 2.05) is 6.07 Å². The molecule has 3 rings (SSSR count). The van der Waals surface area contributed by atoms with E-state index in [4.69, 9.17) is 4.42 Å². The Balaban J connectivity index is 1.75. The van der Waals surface area contributed by atoms with Gasteiger partial charge in [-0.15, -0.1) is 0 Å². The van der Waals surface area contributed by atoms with Crippen molar-refractivity contribution >= 4 is 28.8 Å². The first kappa shape index (κ1) is 16.4. The number of ether oxygens (including phenoxy) is 1. The summed E-state index contributed by atoms with van der Waals surface area (Å²) in [6.07, 6.45) is 3.33. The highest BCUT2D eigenvalue weighted by Gasteiger charge is 2.16. The summed E-state index contributed by atoms with van der Waals surface area (Å²) < 4.78 is 10.2. The molecule has 1 atom stereocenters. The van der Waals surface area contributed by atoms with Gasteiger partial charge < -0.3 is 19.8 Å². The van der Waals surface area contributed by atoms with Crippen LogP contribution in [0, 0.1) is 0 Å². The summed E-state index contributed by atoms with van der Waals surface area (Å²) >= 11 is 0. The molecule has 2 heterocycles. The minimum absolute atomic E-state index is 0.448. The van der Waals surface area contributed by atoms with E-state index in [2.05, 4.69) is 25.3 Å². The molecule has 0 bridgehead atoms. The van der Waals surface area contributed by atoms with Crippen molar-refractivity contribution in [1.29, 1.82) is 0 Å². The monoisotopic (exact) mass is 340 g/mol. The van der Waals surface area contributed by atoms with E-state index in [-0.39, 0.29) is 0 Å². The fourth-order valence-corrected chi connectivity index (χ4v) is 2.22. The lowest BCUT2D eigenvalue weighted by molar-refractivity contribution is -0.142. The first-order valence-corrected chi connectivity index (χ1v) is 7.53. The topological polar surface area (TPSA) is 106 Å². The molecule has 0 aliphatic rings. The first-order valence-electron chi connectivity index (χ1n) is 7.53. The van der Waals surface area contributed by atoms with Gasteiger partial charge in [0.15, 0.2) is 5.58 Å². The molecule has 25 heavy (non-hydrogen) atoms. The lowest BCUT2D eigenvalue weighted by Crippen LogP contribution is -2.41. The standard InChI is InChI=1S/C17H16N4O4/c1-10(16(22)24-2)19-17(23)20-12-5-6-14-13(8-12)21-15(25-14)11-4-3-7-18-9-11/h3-10H,1-2H3,(H2,19,20,23)/t10-/m0/s1. The average molecular weight is 340 g/mol. The van der Waals surface area contributed by atoms with Crippen LogP contribution in [0.3, 0.4) is 0 Å². The van der Waals surface area contributed by atoms with Gasteiger partial charge in [0.25, 0.3) is 0 Å². The minimum Gasteiger partial charge on any atom is -0.467 e. The van der Waals surface area contributed by atoms with Gasteiger partial charge in [-0.3, -0.25) is 4.98 Å². The fraction of sp³-hybridized carbons (Fsp3) is 0.176. The molecule has 2 amide bonds. The van der Waals surface area contributed by atoms with Crippen LogP contribution < -0.4 is 10.6 Å². The Bertz CT molecular complexity index is 907. The third kappa shape index (κ3) is 3.74. The molecular formula is C17H16N4O4. The summed E-state index contributed by atoms with van der Waals surface area (Å²) in [7, 11) is 1.26. The van der Waals surface area contributed by atoms with Gasteiger partial charge in [-0.05, 0) is 37.3 Å². The highest BCUT2D eigenvalue weighted by molar-refractivity contribution is 5.94. The van der Waals surface area contributed by atoms with Gasteiger partial charge in [-0.2, -0.15) is 0 Å². The van der Waals surface area contributed by atoms with Crippen LogP contribution in [0.2, 0.25) is 0 Å². The van der Waals surface area contributed by atoms with Crippen LogP contribution in [-0.4, -0.2) is 35.1 Å². The van der Waals surface area contributed by atoms with Crippen molar-refractivity contribution in [2.24, 2.45) is 0 Å². The van der Waals surface area contributed by atoms with Crippen LogP contribution >= 0.6 is 0 Å². The molecule has 0 saturated carbocycles. The van der Waals surface area contributed by atoms with Gasteiger partial charge in [0, 0.05) is 18.1 Å². The second-order valence-electron chi connectivity index (χ2n) is 5.29. The summed E-state index contributed by atoms with van der Waals surface area (Å²) in [5.41, 5.74) is 2.47. The highest BCUT2D eigenvalue weighted by atomic mass is 16.5. The number of carbonyl (C=O) groups excluding carboxylic acids is 2. The Hall–Kier alpha value is -3.42. The number of hydrogen-bond acceptors (Lipinski definition) is 6. The number of rotatable bonds is 4. The molecule has 2 aromatic heterocycles. The number of esters is 1. The molecule has 8 heteroatoms. The van der Waals surface area contributed by atoms with Crippen molar-refractivity contribution in [3.8, 4) is 11.5 Å². The van der Waals surface area contributed by atoms with Gasteiger partial charge >= 0.3 is 12.0 Å². The normalized spacial score (nSPS) is 11.8. The molecular weight excluding hydrogens is 324 g/mol. The smallest absolute Gasteiger partial charge is 0.328 e. The molecule has 1 aromatic carbocycles. The predicted octanol–water partition coefficient (Wildman–Crippen LogP) is 2.57. The van der Waals surface area contributed by atoms with Crippen LogP contribution in [0.25, 0.3) is 22.6 Å². The minimum atomic E-state index is -0.752. The number of aromatic nitrogens is 2.